The number of halogens is 1. The molecule has 0 radical (unpaired) electrons. The number of nitrogens with two attached hydrogens (primary N) is 1. The van der Waals surface area contributed by atoms with E-state index in [1.54, 1.807) is 19.4 Å². The van der Waals surface area contributed by atoms with Crippen LogP contribution in [0.15, 0.2) is 42.7 Å². The number of ether oxygens (including phenoxy) is 1. The zero-order valence-corrected chi connectivity index (χ0v) is 11.6. The Bertz CT molecular complexity index is 531. The maximum absolute atomic E-state index is 6.23. The summed E-state index contributed by atoms with van der Waals surface area (Å²) in [7, 11) is 1.64. The lowest BCUT2D eigenvalue weighted by atomic mass is 9.99. The van der Waals surface area contributed by atoms with Crippen LogP contribution in [0.5, 0.6) is 5.75 Å². The number of rotatable bonds is 5. The lowest BCUT2D eigenvalue weighted by Gasteiger charge is -2.16. The van der Waals surface area contributed by atoms with Gasteiger partial charge in [0.05, 0.1) is 7.11 Å². The van der Waals surface area contributed by atoms with E-state index in [-0.39, 0.29) is 6.04 Å². The van der Waals surface area contributed by atoms with Crippen LogP contribution in [0.4, 0.5) is 0 Å². The Labute approximate surface area is 118 Å². The van der Waals surface area contributed by atoms with E-state index in [1.165, 1.54) is 5.56 Å². The van der Waals surface area contributed by atoms with E-state index >= 15 is 0 Å². The fraction of sp³-hybridized carbons (Fsp3) is 0.267. The summed E-state index contributed by atoms with van der Waals surface area (Å²) in [6.45, 7) is 0. The minimum atomic E-state index is -0.103. The van der Waals surface area contributed by atoms with Crippen molar-refractivity contribution in [3.8, 4) is 5.75 Å². The molecule has 3 nitrogen and oxygen atoms in total. The minimum Gasteiger partial charge on any atom is -0.496 e. The van der Waals surface area contributed by atoms with E-state index in [0.29, 0.717) is 5.02 Å². The first-order chi connectivity index (χ1) is 9.20. The molecular formula is C15H17ClN2O. The van der Waals surface area contributed by atoms with Crippen LogP contribution in [-0.4, -0.2) is 12.1 Å². The number of methoxy groups -OCH3 is 1. The number of benzene rings is 1. The predicted molar refractivity (Wildman–Crippen MR) is 77.5 cm³/mol. The molecule has 0 bridgehead atoms. The first-order valence-electron chi connectivity index (χ1n) is 6.18. The third-order valence-corrected chi connectivity index (χ3v) is 3.29. The predicted octanol–water partition coefficient (Wildman–Crippen LogP) is 3.38. The molecule has 1 aromatic heterocycles. The molecule has 0 aliphatic heterocycles. The zero-order chi connectivity index (χ0) is 13.7. The third kappa shape index (κ3) is 3.69. The normalized spacial score (nSPS) is 12.2. The number of pyridine rings is 1. The van der Waals surface area contributed by atoms with Gasteiger partial charge in [0.1, 0.15) is 5.75 Å². The second kappa shape index (κ2) is 6.55. The third-order valence-electron chi connectivity index (χ3n) is 3.06. The van der Waals surface area contributed by atoms with Gasteiger partial charge in [-0.2, -0.15) is 0 Å². The fourth-order valence-electron chi connectivity index (χ4n) is 2.02. The molecule has 0 aliphatic rings. The molecular weight excluding hydrogens is 260 g/mol. The van der Waals surface area contributed by atoms with E-state index in [9.17, 15) is 0 Å². The van der Waals surface area contributed by atoms with Crippen molar-refractivity contribution in [2.75, 3.05) is 7.11 Å². The van der Waals surface area contributed by atoms with Gasteiger partial charge in [-0.1, -0.05) is 17.7 Å². The van der Waals surface area contributed by atoms with E-state index < -0.39 is 0 Å². The van der Waals surface area contributed by atoms with Gasteiger partial charge in [-0.3, -0.25) is 4.98 Å². The van der Waals surface area contributed by atoms with Crippen LogP contribution in [-0.2, 0) is 6.42 Å². The Morgan fingerprint density at radius 3 is 2.89 bits per heavy atom. The van der Waals surface area contributed by atoms with Gasteiger partial charge in [0, 0.05) is 29.0 Å². The maximum atomic E-state index is 6.23. The molecule has 1 atom stereocenters. The fourth-order valence-corrected chi connectivity index (χ4v) is 2.20. The van der Waals surface area contributed by atoms with Gasteiger partial charge < -0.3 is 10.5 Å². The first kappa shape index (κ1) is 13.8. The van der Waals surface area contributed by atoms with E-state index in [4.69, 9.17) is 22.1 Å². The van der Waals surface area contributed by atoms with E-state index in [1.807, 2.05) is 24.4 Å². The van der Waals surface area contributed by atoms with Crippen LogP contribution >= 0.6 is 11.6 Å². The number of aromatic nitrogens is 1. The summed E-state index contributed by atoms with van der Waals surface area (Å²) >= 11 is 6.01. The number of nitrogens with zero attached hydrogens (tertiary/aromatic N) is 1. The quantitative estimate of drug-likeness (QED) is 0.911. The Morgan fingerprint density at radius 1 is 1.37 bits per heavy atom. The van der Waals surface area contributed by atoms with Gasteiger partial charge in [0.15, 0.2) is 0 Å². The van der Waals surface area contributed by atoms with Crippen LogP contribution < -0.4 is 10.5 Å². The highest BCUT2D eigenvalue weighted by Crippen LogP contribution is 2.29. The van der Waals surface area contributed by atoms with Gasteiger partial charge in [-0.05, 0) is 42.7 Å². The molecule has 0 fully saturated rings. The van der Waals surface area contributed by atoms with E-state index in [2.05, 4.69) is 11.1 Å². The molecule has 0 spiro atoms. The Balaban J connectivity index is 2.07. The van der Waals surface area contributed by atoms with Crippen LogP contribution in [0.1, 0.15) is 23.6 Å². The summed E-state index contributed by atoms with van der Waals surface area (Å²) in [5.74, 6) is 0.781. The first-order valence-corrected chi connectivity index (χ1v) is 6.56. The SMILES string of the molecule is COc1ccc(Cl)cc1C(N)CCc1cccnc1. The summed E-state index contributed by atoms with van der Waals surface area (Å²) in [6.07, 6.45) is 5.33. The molecule has 1 unspecified atom stereocenters. The Kier molecular flexibility index (Phi) is 4.77. The van der Waals surface area contributed by atoms with Crippen LogP contribution in [0, 0.1) is 0 Å². The highest BCUT2D eigenvalue weighted by molar-refractivity contribution is 6.30. The second-order valence-corrected chi connectivity index (χ2v) is 4.83. The second-order valence-electron chi connectivity index (χ2n) is 4.39. The molecule has 100 valence electrons. The molecule has 0 aliphatic carbocycles. The monoisotopic (exact) mass is 276 g/mol. The minimum absolute atomic E-state index is 0.103. The van der Waals surface area contributed by atoms with Crippen molar-refractivity contribution in [2.24, 2.45) is 5.73 Å². The number of aryl methyl sites for hydroxylation is 1. The largest absolute Gasteiger partial charge is 0.496 e. The van der Waals surface area contributed by atoms with Crippen LogP contribution in [0.2, 0.25) is 5.02 Å². The van der Waals surface area contributed by atoms with Gasteiger partial charge >= 0.3 is 0 Å². The van der Waals surface area contributed by atoms with E-state index in [0.717, 1.165) is 24.2 Å². The standard InChI is InChI=1S/C15H17ClN2O/c1-19-15-7-5-12(16)9-13(15)14(17)6-4-11-3-2-8-18-10-11/h2-3,5,7-10,14H,4,6,17H2,1H3. The molecule has 0 amide bonds. The van der Waals surface area contributed by atoms with Crippen molar-refractivity contribution in [2.45, 2.75) is 18.9 Å². The average molecular weight is 277 g/mol. The highest BCUT2D eigenvalue weighted by atomic mass is 35.5. The van der Waals surface area contributed by atoms with Crippen molar-refractivity contribution in [3.63, 3.8) is 0 Å². The summed E-state index contributed by atoms with van der Waals surface area (Å²) in [6, 6.07) is 9.40. The molecule has 19 heavy (non-hydrogen) atoms. The summed E-state index contributed by atoms with van der Waals surface area (Å²) in [5.41, 5.74) is 8.35. The summed E-state index contributed by atoms with van der Waals surface area (Å²) in [5, 5.41) is 0.674. The molecule has 2 rings (SSSR count). The average Bonchev–Trinajstić information content (AvgIpc) is 2.46. The maximum Gasteiger partial charge on any atom is 0.123 e. The lowest BCUT2D eigenvalue weighted by molar-refractivity contribution is 0.404. The molecule has 1 aromatic carbocycles. The van der Waals surface area contributed by atoms with Crippen molar-refractivity contribution in [3.05, 3.63) is 58.9 Å². The highest BCUT2D eigenvalue weighted by Gasteiger charge is 2.12. The van der Waals surface area contributed by atoms with Gasteiger partial charge in [0.25, 0.3) is 0 Å². The Morgan fingerprint density at radius 2 is 2.21 bits per heavy atom. The van der Waals surface area contributed by atoms with Gasteiger partial charge in [-0.25, -0.2) is 0 Å². The van der Waals surface area contributed by atoms with Crippen molar-refractivity contribution >= 4 is 11.6 Å². The van der Waals surface area contributed by atoms with Crippen molar-refractivity contribution < 1.29 is 4.74 Å². The molecule has 0 saturated heterocycles. The number of hydrogen-bond donors (Lipinski definition) is 1. The molecule has 1 heterocycles. The zero-order valence-electron chi connectivity index (χ0n) is 10.8. The van der Waals surface area contributed by atoms with Crippen molar-refractivity contribution in [1.82, 2.24) is 4.98 Å². The molecule has 2 aromatic rings. The smallest absolute Gasteiger partial charge is 0.123 e. The van der Waals surface area contributed by atoms with Crippen molar-refractivity contribution in [1.29, 1.82) is 0 Å². The molecule has 2 N–H and O–H groups in total. The van der Waals surface area contributed by atoms with Crippen LogP contribution in [0.3, 0.4) is 0 Å². The summed E-state index contributed by atoms with van der Waals surface area (Å²) in [4.78, 5) is 4.10. The lowest BCUT2D eigenvalue weighted by Crippen LogP contribution is -2.12. The van der Waals surface area contributed by atoms with Crippen LogP contribution in [0.25, 0.3) is 0 Å². The van der Waals surface area contributed by atoms with Gasteiger partial charge in [-0.15, -0.1) is 0 Å². The number of hydrogen-bond acceptors (Lipinski definition) is 3. The Hall–Kier alpha value is -1.58. The molecule has 4 heteroatoms. The molecule has 0 saturated carbocycles. The topological polar surface area (TPSA) is 48.1 Å². The van der Waals surface area contributed by atoms with Gasteiger partial charge in [0.2, 0.25) is 0 Å². The summed E-state index contributed by atoms with van der Waals surface area (Å²) < 4.78 is 5.32.